The van der Waals surface area contributed by atoms with Crippen molar-refractivity contribution in [3.8, 4) is 5.75 Å². The summed E-state index contributed by atoms with van der Waals surface area (Å²) in [7, 11) is 0. The van der Waals surface area contributed by atoms with Crippen LogP contribution in [0.5, 0.6) is 5.75 Å². The fourth-order valence-electron chi connectivity index (χ4n) is 1.98. The molecule has 0 spiro atoms. The lowest BCUT2D eigenvalue weighted by Crippen LogP contribution is -2.38. The van der Waals surface area contributed by atoms with Crippen LogP contribution >= 0.6 is 0 Å². The average Bonchev–Trinajstić information content (AvgIpc) is 2.58. The number of para-hydroxylation sites is 1. The molecule has 0 aliphatic rings. The van der Waals surface area contributed by atoms with Crippen LogP contribution in [0.4, 0.5) is 0 Å². The predicted molar refractivity (Wildman–Crippen MR) is 96.3 cm³/mol. The Morgan fingerprint density at radius 3 is 2.57 bits per heavy atom. The first-order chi connectivity index (χ1) is 11.4. The van der Waals surface area contributed by atoms with Gasteiger partial charge in [-0.2, -0.15) is 0 Å². The van der Waals surface area contributed by atoms with Gasteiger partial charge in [-0.3, -0.25) is 4.99 Å². The van der Waals surface area contributed by atoms with Crippen molar-refractivity contribution < 1.29 is 9.47 Å². The maximum atomic E-state index is 5.66. The molecular formula is C18H31N3O2. The third kappa shape index (κ3) is 10.6. The molecule has 1 rings (SSSR count). The fraction of sp³-hybridized carbons (Fsp3) is 0.611. The van der Waals surface area contributed by atoms with Crippen molar-refractivity contribution in [3.05, 3.63) is 30.3 Å². The summed E-state index contributed by atoms with van der Waals surface area (Å²) >= 11 is 0. The highest BCUT2D eigenvalue weighted by molar-refractivity contribution is 5.79. The highest BCUT2D eigenvalue weighted by Crippen LogP contribution is 2.08. The Kier molecular flexibility index (Phi) is 11.6. The van der Waals surface area contributed by atoms with Crippen LogP contribution in [0.15, 0.2) is 35.3 Å². The van der Waals surface area contributed by atoms with Crippen molar-refractivity contribution in [3.63, 3.8) is 0 Å². The van der Waals surface area contributed by atoms with E-state index in [9.17, 15) is 0 Å². The second-order valence-corrected chi connectivity index (χ2v) is 5.11. The smallest absolute Gasteiger partial charge is 0.191 e. The number of guanidine groups is 1. The van der Waals surface area contributed by atoms with E-state index in [0.717, 1.165) is 63.8 Å². The third-order valence-corrected chi connectivity index (χ3v) is 3.14. The molecule has 0 radical (unpaired) electrons. The van der Waals surface area contributed by atoms with Gasteiger partial charge in [-0.15, -0.1) is 0 Å². The standard InChI is InChI=1S/C18H31N3O2/c1-3-19-18(20-13-8-9-15-22-4-2)21-14-10-16-23-17-11-6-5-7-12-17/h5-7,11-12H,3-4,8-10,13-16H2,1-2H3,(H2,19,20,21). The molecule has 1 aromatic rings. The summed E-state index contributed by atoms with van der Waals surface area (Å²) < 4.78 is 11.0. The first-order valence-electron chi connectivity index (χ1n) is 8.64. The molecule has 0 aliphatic carbocycles. The largest absolute Gasteiger partial charge is 0.494 e. The van der Waals surface area contributed by atoms with E-state index < -0.39 is 0 Å². The minimum Gasteiger partial charge on any atom is -0.494 e. The summed E-state index contributed by atoms with van der Waals surface area (Å²) in [4.78, 5) is 4.56. The van der Waals surface area contributed by atoms with Crippen LogP contribution in [-0.4, -0.2) is 45.4 Å². The minimum atomic E-state index is 0.682. The van der Waals surface area contributed by atoms with Crippen molar-refractivity contribution >= 4 is 5.96 Å². The molecular weight excluding hydrogens is 290 g/mol. The highest BCUT2D eigenvalue weighted by atomic mass is 16.5. The van der Waals surface area contributed by atoms with Crippen LogP contribution in [-0.2, 0) is 4.74 Å². The quantitative estimate of drug-likeness (QED) is 0.353. The third-order valence-electron chi connectivity index (χ3n) is 3.14. The SMILES string of the molecule is CCNC(=NCCCOc1ccccc1)NCCCCOCC. The van der Waals surface area contributed by atoms with Crippen LogP contribution < -0.4 is 15.4 Å². The van der Waals surface area contributed by atoms with Crippen molar-refractivity contribution in [2.75, 3.05) is 39.5 Å². The van der Waals surface area contributed by atoms with Gasteiger partial charge in [0.05, 0.1) is 6.61 Å². The molecule has 23 heavy (non-hydrogen) atoms. The molecule has 0 saturated heterocycles. The van der Waals surface area contributed by atoms with Gasteiger partial charge in [0.15, 0.2) is 5.96 Å². The maximum absolute atomic E-state index is 5.66. The van der Waals surface area contributed by atoms with Crippen molar-refractivity contribution in [1.29, 1.82) is 0 Å². The van der Waals surface area contributed by atoms with Gasteiger partial charge in [-0.1, -0.05) is 18.2 Å². The number of hydrogen-bond acceptors (Lipinski definition) is 3. The number of benzene rings is 1. The van der Waals surface area contributed by atoms with E-state index in [-0.39, 0.29) is 0 Å². The lowest BCUT2D eigenvalue weighted by molar-refractivity contribution is 0.143. The predicted octanol–water partition coefficient (Wildman–Crippen LogP) is 2.83. The number of ether oxygens (including phenoxy) is 2. The molecule has 0 heterocycles. The van der Waals surface area contributed by atoms with E-state index in [2.05, 4.69) is 22.5 Å². The Bertz CT molecular complexity index is 410. The minimum absolute atomic E-state index is 0.682. The summed E-state index contributed by atoms with van der Waals surface area (Å²) in [6.07, 6.45) is 3.06. The van der Waals surface area contributed by atoms with Crippen LogP contribution in [0.3, 0.4) is 0 Å². The van der Waals surface area contributed by atoms with E-state index in [4.69, 9.17) is 9.47 Å². The van der Waals surface area contributed by atoms with Crippen molar-refractivity contribution in [1.82, 2.24) is 10.6 Å². The molecule has 130 valence electrons. The zero-order valence-electron chi connectivity index (χ0n) is 14.5. The van der Waals surface area contributed by atoms with Gasteiger partial charge in [-0.25, -0.2) is 0 Å². The average molecular weight is 321 g/mol. The lowest BCUT2D eigenvalue weighted by Gasteiger charge is -2.11. The summed E-state index contributed by atoms with van der Waals surface area (Å²) in [5, 5.41) is 6.61. The summed E-state index contributed by atoms with van der Waals surface area (Å²) in [6, 6.07) is 9.88. The molecule has 0 aromatic heterocycles. The molecule has 0 atom stereocenters. The zero-order chi connectivity index (χ0) is 16.6. The zero-order valence-corrected chi connectivity index (χ0v) is 14.5. The lowest BCUT2D eigenvalue weighted by atomic mass is 10.3. The second kappa shape index (κ2) is 13.9. The van der Waals surface area contributed by atoms with E-state index in [0.29, 0.717) is 6.61 Å². The molecule has 0 saturated carbocycles. The van der Waals surface area contributed by atoms with Gasteiger partial charge in [-0.05, 0) is 38.8 Å². The number of rotatable bonds is 12. The van der Waals surface area contributed by atoms with E-state index in [1.165, 1.54) is 0 Å². The normalized spacial score (nSPS) is 11.3. The molecule has 2 N–H and O–H groups in total. The van der Waals surface area contributed by atoms with Gasteiger partial charge in [0.2, 0.25) is 0 Å². The first kappa shape index (κ1) is 19.3. The monoisotopic (exact) mass is 321 g/mol. The molecule has 0 unspecified atom stereocenters. The van der Waals surface area contributed by atoms with E-state index >= 15 is 0 Å². The van der Waals surface area contributed by atoms with Crippen molar-refractivity contribution in [2.24, 2.45) is 4.99 Å². The number of hydrogen-bond donors (Lipinski definition) is 2. The topological polar surface area (TPSA) is 54.9 Å². The second-order valence-electron chi connectivity index (χ2n) is 5.11. The van der Waals surface area contributed by atoms with Gasteiger partial charge in [0.25, 0.3) is 0 Å². The first-order valence-corrected chi connectivity index (χ1v) is 8.64. The van der Waals surface area contributed by atoms with Crippen molar-refractivity contribution in [2.45, 2.75) is 33.1 Å². The number of nitrogens with one attached hydrogen (secondary N) is 2. The molecule has 0 fully saturated rings. The summed E-state index contributed by atoms with van der Waals surface area (Å²) in [5.41, 5.74) is 0. The number of aliphatic imine (C=N–C) groups is 1. The van der Waals surface area contributed by atoms with Crippen LogP contribution in [0.2, 0.25) is 0 Å². The van der Waals surface area contributed by atoms with Crippen LogP contribution in [0.25, 0.3) is 0 Å². The van der Waals surface area contributed by atoms with Gasteiger partial charge < -0.3 is 20.1 Å². The maximum Gasteiger partial charge on any atom is 0.191 e. The Morgan fingerprint density at radius 1 is 1.00 bits per heavy atom. The number of nitrogens with zero attached hydrogens (tertiary/aromatic N) is 1. The van der Waals surface area contributed by atoms with Gasteiger partial charge in [0.1, 0.15) is 5.75 Å². The van der Waals surface area contributed by atoms with E-state index in [1.54, 1.807) is 0 Å². The fourth-order valence-corrected chi connectivity index (χ4v) is 1.98. The Morgan fingerprint density at radius 2 is 1.83 bits per heavy atom. The summed E-state index contributed by atoms with van der Waals surface area (Å²) in [6.45, 7) is 8.94. The number of unbranched alkanes of at least 4 members (excludes halogenated alkanes) is 1. The Balaban J connectivity index is 2.13. The Hall–Kier alpha value is -1.75. The van der Waals surface area contributed by atoms with Gasteiger partial charge >= 0.3 is 0 Å². The molecule has 1 aromatic carbocycles. The molecule has 5 heteroatoms. The molecule has 0 aliphatic heterocycles. The van der Waals surface area contributed by atoms with Crippen LogP contribution in [0, 0.1) is 0 Å². The van der Waals surface area contributed by atoms with Crippen LogP contribution in [0.1, 0.15) is 33.1 Å². The van der Waals surface area contributed by atoms with Gasteiger partial charge in [0, 0.05) is 39.3 Å². The Labute approximate surface area is 140 Å². The highest BCUT2D eigenvalue weighted by Gasteiger charge is 1.97. The summed E-state index contributed by atoms with van der Waals surface area (Å²) in [5.74, 6) is 1.79. The molecule has 0 bridgehead atoms. The van der Waals surface area contributed by atoms with E-state index in [1.807, 2.05) is 37.3 Å². The molecule has 5 nitrogen and oxygen atoms in total. The molecule has 0 amide bonds.